The summed E-state index contributed by atoms with van der Waals surface area (Å²) in [6.07, 6.45) is 1.74. The number of nitrogens with one attached hydrogen (secondary N) is 2. The van der Waals surface area contributed by atoms with E-state index in [1.165, 1.54) is 5.69 Å². The van der Waals surface area contributed by atoms with E-state index >= 15 is 0 Å². The quantitative estimate of drug-likeness (QED) is 0.683. The molecule has 3 aromatic rings. The lowest BCUT2D eigenvalue weighted by atomic mass is 10.1. The van der Waals surface area contributed by atoms with Crippen LogP contribution in [-0.2, 0) is 0 Å². The predicted octanol–water partition coefficient (Wildman–Crippen LogP) is 4.58. The highest BCUT2D eigenvalue weighted by molar-refractivity contribution is 6.13. The minimum Gasteiger partial charge on any atom is -0.497 e. The molecule has 0 aliphatic rings. The van der Waals surface area contributed by atoms with Crippen molar-refractivity contribution in [3.63, 3.8) is 0 Å². The standard InChI is InChI=1S/C21H25N3O2/c1-5-24(6-2)15-7-9-19(14(3)11-15)23-21(25)18-13-22-20-10-8-16(26-4)12-17(18)20/h7-13,22H,5-6H2,1-4H3,(H,23,25). The van der Waals surface area contributed by atoms with Crippen LogP contribution in [0.15, 0.2) is 42.6 Å². The van der Waals surface area contributed by atoms with Gasteiger partial charge >= 0.3 is 0 Å². The molecule has 0 saturated carbocycles. The maximum Gasteiger partial charge on any atom is 0.257 e. The Bertz CT molecular complexity index is 926. The van der Waals surface area contributed by atoms with Gasteiger partial charge in [0.1, 0.15) is 5.75 Å². The smallest absolute Gasteiger partial charge is 0.257 e. The number of hydrogen-bond donors (Lipinski definition) is 2. The second kappa shape index (κ2) is 7.52. The van der Waals surface area contributed by atoms with Crippen LogP contribution in [0.5, 0.6) is 5.75 Å². The van der Waals surface area contributed by atoms with Crippen LogP contribution in [0.1, 0.15) is 29.8 Å². The van der Waals surface area contributed by atoms with Gasteiger partial charge in [-0.3, -0.25) is 4.79 Å². The van der Waals surface area contributed by atoms with Crippen molar-refractivity contribution >= 4 is 28.2 Å². The number of amides is 1. The number of anilines is 2. The third-order valence-electron chi connectivity index (χ3n) is 4.72. The second-order valence-corrected chi connectivity index (χ2v) is 6.24. The van der Waals surface area contributed by atoms with Gasteiger partial charge in [-0.05, 0) is 62.7 Å². The number of aromatic amines is 1. The predicted molar refractivity (Wildman–Crippen MR) is 108 cm³/mol. The zero-order chi connectivity index (χ0) is 18.7. The number of hydrogen-bond acceptors (Lipinski definition) is 3. The van der Waals surface area contributed by atoms with E-state index in [4.69, 9.17) is 4.74 Å². The molecule has 1 aromatic heterocycles. The zero-order valence-electron chi connectivity index (χ0n) is 15.7. The number of rotatable bonds is 6. The first-order valence-electron chi connectivity index (χ1n) is 8.89. The molecule has 0 radical (unpaired) electrons. The molecular weight excluding hydrogens is 326 g/mol. The number of nitrogens with zero attached hydrogens (tertiary/aromatic N) is 1. The highest BCUT2D eigenvalue weighted by Gasteiger charge is 2.14. The molecule has 0 aliphatic carbocycles. The van der Waals surface area contributed by atoms with E-state index in [9.17, 15) is 4.79 Å². The van der Waals surface area contributed by atoms with Crippen molar-refractivity contribution in [3.8, 4) is 5.75 Å². The molecule has 1 heterocycles. The zero-order valence-corrected chi connectivity index (χ0v) is 15.7. The Morgan fingerprint density at radius 2 is 1.92 bits per heavy atom. The van der Waals surface area contributed by atoms with Gasteiger partial charge in [0.15, 0.2) is 0 Å². The molecule has 0 unspecified atom stereocenters. The van der Waals surface area contributed by atoms with Crippen LogP contribution in [0.3, 0.4) is 0 Å². The molecule has 5 heteroatoms. The summed E-state index contributed by atoms with van der Waals surface area (Å²) >= 11 is 0. The molecule has 136 valence electrons. The molecule has 0 atom stereocenters. The van der Waals surface area contributed by atoms with Gasteiger partial charge in [0, 0.05) is 41.6 Å². The second-order valence-electron chi connectivity index (χ2n) is 6.24. The van der Waals surface area contributed by atoms with Crippen molar-refractivity contribution in [1.82, 2.24) is 4.98 Å². The molecular formula is C21H25N3O2. The van der Waals surface area contributed by atoms with E-state index in [0.717, 1.165) is 41.0 Å². The van der Waals surface area contributed by atoms with Crippen LogP contribution in [0.25, 0.3) is 10.9 Å². The Kier molecular flexibility index (Phi) is 5.16. The molecule has 0 spiro atoms. The maximum absolute atomic E-state index is 12.8. The normalized spacial score (nSPS) is 10.8. The largest absolute Gasteiger partial charge is 0.497 e. The Balaban J connectivity index is 1.86. The van der Waals surface area contributed by atoms with Gasteiger partial charge in [-0.1, -0.05) is 0 Å². The lowest BCUT2D eigenvalue weighted by Gasteiger charge is -2.22. The summed E-state index contributed by atoms with van der Waals surface area (Å²) in [4.78, 5) is 18.2. The minimum atomic E-state index is -0.136. The van der Waals surface area contributed by atoms with Crippen LogP contribution in [0.4, 0.5) is 11.4 Å². The molecule has 0 bridgehead atoms. The summed E-state index contributed by atoms with van der Waals surface area (Å²) in [5, 5.41) is 3.87. The highest BCUT2D eigenvalue weighted by Crippen LogP contribution is 2.26. The average Bonchev–Trinajstić information content (AvgIpc) is 3.08. The summed E-state index contributed by atoms with van der Waals surface area (Å²) in [7, 11) is 1.62. The Morgan fingerprint density at radius 1 is 1.15 bits per heavy atom. The molecule has 0 fully saturated rings. The third kappa shape index (κ3) is 3.38. The molecule has 1 amide bonds. The number of fused-ring (bicyclic) bond motifs is 1. The van der Waals surface area contributed by atoms with Crippen molar-refractivity contribution < 1.29 is 9.53 Å². The molecule has 2 aromatic carbocycles. The van der Waals surface area contributed by atoms with E-state index in [-0.39, 0.29) is 5.91 Å². The number of H-pyrrole nitrogens is 1. The Hall–Kier alpha value is -2.95. The van der Waals surface area contributed by atoms with Crippen LogP contribution in [-0.4, -0.2) is 31.1 Å². The first-order chi connectivity index (χ1) is 12.6. The molecule has 0 aliphatic heterocycles. The van der Waals surface area contributed by atoms with E-state index in [1.807, 2.05) is 37.3 Å². The summed E-state index contributed by atoms with van der Waals surface area (Å²) in [6, 6.07) is 11.8. The maximum atomic E-state index is 12.8. The van der Waals surface area contributed by atoms with E-state index in [1.54, 1.807) is 13.3 Å². The molecule has 0 saturated heterocycles. The SMILES string of the molecule is CCN(CC)c1ccc(NC(=O)c2c[nH]c3ccc(OC)cc23)c(C)c1. The number of benzene rings is 2. The number of carbonyl (C=O) groups is 1. The highest BCUT2D eigenvalue weighted by atomic mass is 16.5. The van der Waals surface area contributed by atoms with E-state index in [0.29, 0.717) is 5.56 Å². The first kappa shape index (κ1) is 17.9. The molecule has 2 N–H and O–H groups in total. The average molecular weight is 351 g/mol. The Labute approximate surface area is 154 Å². The molecule has 3 rings (SSSR count). The number of carbonyl (C=O) groups excluding carboxylic acids is 1. The molecule has 26 heavy (non-hydrogen) atoms. The number of ether oxygens (including phenoxy) is 1. The van der Waals surface area contributed by atoms with Crippen molar-refractivity contribution in [2.45, 2.75) is 20.8 Å². The fourth-order valence-corrected chi connectivity index (χ4v) is 3.18. The van der Waals surface area contributed by atoms with Crippen LogP contribution >= 0.6 is 0 Å². The van der Waals surface area contributed by atoms with Crippen LogP contribution in [0.2, 0.25) is 0 Å². The van der Waals surface area contributed by atoms with Gasteiger partial charge in [-0.25, -0.2) is 0 Å². The van der Waals surface area contributed by atoms with Crippen LogP contribution < -0.4 is 15.0 Å². The summed E-state index contributed by atoms with van der Waals surface area (Å²) in [6.45, 7) is 8.21. The number of aromatic nitrogens is 1. The van der Waals surface area contributed by atoms with Gasteiger partial charge in [-0.2, -0.15) is 0 Å². The first-order valence-corrected chi connectivity index (χ1v) is 8.89. The van der Waals surface area contributed by atoms with Crippen LogP contribution in [0, 0.1) is 6.92 Å². The van der Waals surface area contributed by atoms with Gasteiger partial charge in [0.2, 0.25) is 0 Å². The monoisotopic (exact) mass is 351 g/mol. The fraction of sp³-hybridized carbons (Fsp3) is 0.286. The van der Waals surface area contributed by atoms with E-state index < -0.39 is 0 Å². The van der Waals surface area contributed by atoms with Gasteiger partial charge in [-0.15, -0.1) is 0 Å². The minimum absolute atomic E-state index is 0.136. The third-order valence-corrected chi connectivity index (χ3v) is 4.72. The topological polar surface area (TPSA) is 57.4 Å². The summed E-state index contributed by atoms with van der Waals surface area (Å²) in [5.74, 6) is 0.592. The lowest BCUT2D eigenvalue weighted by Crippen LogP contribution is -2.22. The fourth-order valence-electron chi connectivity index (χ4n) is 3.18. The summed E-state index contributed by atoms with van der Waals surface area (Å²) < 4.78 is 5.27. The van der Waals surface area contributed by atoms with Gasteiger partial charge < -0.3 is 19.9 Å². The Morgan fingerprint density at radius 3 is 2.58 bits per heavy atom. The van der Waals surface area contributed by atoms with Crippen molar-refractivity contribution in [2.75, 3.05) is 30.4 Å². The van der Waals surface area contributed by atoms with Crippen molar-refractivity contribution in [3.05, 3.63) is 53.7 Å². The number of aryl methyl sites for hydroxylation is 1. The molecule has 5 nitrogen and oxygen atoms in total. The number of methoxy groups -OCH3 is 1. The van der Waals surface area contributed by atoms with Gasteiger partial charge in [0.05, 0.1) is 12.7 Å². The lowest BCUT2D eigenvalue weighted by molar-refractivity contribution is 0.102. The van der Waals surface area contributed by atoms with Crippen molar-refractivity contribution in [1.29, 1.82) is 0 Å². The van der Waals surface area contributed by atoms with Crippen molar-refractivity contribution in [2.24, 2.45) is 0 Å². The summed E-state index contributed by atoms with van der Waals surface area (Å²) in [5.41, 5.74) is 4.54. The van der Waals surface area contributed by atoms with Gasteiger partial charge in [0.25, 0.3) is 5.91 Å². The van der Waals surface area contributed by atoms with E-state index in [2.05, 4.69) is 35.1 Å².